The molecular weight excluding hydrogens is 400 g/mol. The molecule has 0 radical (unpaired) electrons. The molecule has 3 rings (SSSR count). The van der Waals surface area contributed by atoms with E-state index in [1.54, 1.807) is 12.1 Å². The number of hydrogen-bond donors (Lipinski definition) is 2. The normalized spacial score (nSPS) is 11.5. The highest BCUT2D eigenvalue weighted by atomic mass is 32.2. The van der Waals surface area contributed by atoms with E-state index in [4.69, 9.17) is 14.9 Å². The number of hydrogen-bond acceptors (Lipinski definition) is 5. The number of aromatic nitrogens is 1. The first-order valence-corrected chi connectivity index (χ1v) is 11.4. The van der Waals surface area contributed by atoms with E-state index in [2.05, 4.69) is 6.92 Å². The number of nitrogens with two attached hydrogens (primary N) is 1. The summed E-state index contributed by atoms with van der Waals surface area (Å²) in [6.07, 6.45) is 1.89. The molecule has 158 valence electrons. The lowest BCUT2D eigenvalue weighted by atomic mass is 9.97. The molecule has 0 bridgehead atoms. The third kappa shape index (κ3) is 5.05. The van der Waals surface area contributed by atoms with Crippen LogP contribution in [0.5, 0.6) is 5.88 Å². The number of aliphatic hydroxyl groups excluding tert-OH is 1. The summed E-state index contributed by atoms with van der Waals surface area (Å²) in [4.78, 5) is 4.78. The van der Waals surface area contributed by atoms with Crippen LogP contribution in [0.1, 0.15) is 30.9 Å². The molecule has 0 aliphatic heterocycles. The summed E-state index contributed by atoms with van der Waals surface area (Å²) in [6, 6.07) is 16.1. The highest BCUT2D eigenvalue weighted by Gasteiger charge is 2.17. The molecule has 3 N–H and O–H groups in total. The largest absolute Gasteiger partial charge is 0.477 e. The topological polar surface area (TPSA) is 103 Å². The van der Waals surface area contributed by atoms with Gasteiger partial charge < -0.3 is 9.84 Å². The van der Waals surface area contributed by atoms with Gasteiger partial charge in [-0.1, -0.05) is 55.3 Å². The van der Waals surface area contributed by atoms with Crippen LogP contribution in [0, 0.1) is 6.92 Å². The van der Waals surface area contributed by atoms with E-state index in [1.165, 1.54) is 12.1 Å². The van der Waals surface area contributed by atoms with E-state index >= 15 is 0 Å². The second-order valence-corrected chi connectivity index (χ2v) is 8.71. The number of primary sulfonamides is 1. The van der Waals surface area contributed by atoms with Gasteiger partial charge in [-0.3, -0.25) is 0 Å². The van der Waals surface area contributed by atoms with Gasteiger partial charge in [-0.2, -0.15) is 0 Å². The van der Waals surface area contributed by atoms with Gasteiger partial charge in [0.25, 0.3) is 0 Å². The van der Waals surface area contributed by atoms with Crippen molar-refractivity contribution in [2.24, 2.45) is 5.14 Å². The maximum atomic E-state index is 11.6. The molecule has 1 aromatic heterocycles. The number of ether oxygens (including phenoxy) is 1. The number of sulfonamides is 1. The second-order valence-electron chi connectivity index (χ2n) is 7.14. The zero-order valence-electron chi connectivity index (χ0n) is 17.1. The molecule has 7 heteroatoms. The number of benzene rings is 2. The molecule has 2 aromatic carbocycles. The minimum atomic E-state index is -3.78. The van der Waals surface area contributed by atoms with Gasteiger partial charge in [-0.25, -0.2) is 18.5 Å². The minimum Gasteiger partial charge on any atom is -0.477 e. The summed E-state index contributed by atoms with van der Waals surface area (Å²) < 4.78 is 29.0. The van der Waals surface area contributed by atoms with Gasteiger partial charge in [0.05, 0.1) is 23.8 Å². The Morgan fingerprint density at radius 2 is 1.67 bits per heavy atom. The monoisotopic (exact) mass is 426 g/mol. The van der Waals surface area contributed by atoms with Crippen molar-refractivity contribution in [1.29, 1.82) is 0 Å². The number of unbranched alkanes of at least 4 members (excludes halogenated alkanes) is 1. The van der Waals surface area contributed by atoms with Crippen LogP contribution >= 0.6 is 0 Å². The molecule has 6 nitrogen and oxygen atoms in total. The van der Waals surface area contributed by atoms with E-state index in [-0.39, 0.29) is 11.5 Å². The first kappa shape index (κ1) is 22.0. The minimum absolute atomic E-state index is 0.0398. The van der Waals surface area contributed by atoms with Gasteiger partial charge >= 0.3 is 0 Å². The Kier molecular flexibility index (Phi) is 6.87. The van der Waals surface area contributed by atoms with E-state index in [0.717, 1.165) is 35.1 Å². The number of rotatable bonds is 8. The van der Waals surface area contributed by atoms with Crippen LogP contribution in [0.3, 0.4) is 0 Å². The molecule has 30 heavy (non-hydrogen) atoms. The summed E-state index contributed by atoms with van der Waals surface area (Å²) in [5.41, 5.74) is 4.83. The number of aliphatic hydroxyl groups is 1. The maximum absolute atomic E-state index is 11.6. The Morgan fingerprint density at radius 3 is 2.23 bits per heavy atom. The fourth-order valence-corrected chi connectivity index (χ4v) is 3.58. The summed E-state index contributed by atoms with van der Waals surface area (Å²) in [7, 11) is -3.78. The summed E-state index contributed by atoms with van der Waals surface area (Å²) in [5.74, 6) is 0.409. The Bertz CT molecular complexity index is 1110. The lowest BCUT2D eigenvalue weighted by Gasteiger charge is -2.16. The highest BCUT2D eigenvalue weighted by molar-refractivity contribution is 7.89. The Balaban J connectivity index is 2.15. The Labute approximate surface area is 177 Å². The van der Waals surface area contributed by atoms with Gasteiger partial charge in [0.15, 0.2) is 0 Å². The zero-order chi connectivity index (χ0) is 21.7. The van der Waals surface area contributed by atoms with Gasteiger partial charge in [-0.15, -0.1) is 0 Å². The third-order valence-corrected chi connectivity index (χ3v) is 5.72. The van der Waals surface area contributed by atoms with Crippen LogP contribution in [0.2, 0.25) is 0 Å². The third-order valence-electron chi connectivity index (χ3n) is 4.79. The first-order valence-electron chi connectivity index (χ1n) is 9.81. The molecule has 0 aliphatic carbocycles. The molecule has 0 fully saturated rings. The van der Waals surface area contributed by atoms with Crippen molar-refractivity contribution in [2.75, 3.05) is 6.61 Å². The average molecular weight is 427 g/mol. The van der Waals surface area contributed by atoms with Crippen molar-refractivity contribution in [3.8, 4) is 28.3 Å². The molecule has 0 amide bonds. The molecule has 0 aliphatic rings. The van der Waals surface area contributed by atoms with Gasteiger partial charge in [0.1, 0.15) is 0 Å². The van der Waals surface area contributed by atoms with Crippen molar-refractivity contribution in [1.82, 2.24) is 4.98 Å². The van der Waals surface area contributed by atoms with Crippen LogP contribution in [0.25, 0.3) is 22.4 Å². The summed E-state index contributed by atoms with van der Waals surface area (Å²) in [6.45, 7) is 4.39. The van der Waals surface area contributed by atoms with E-state index in [9.17, 15) is 13.5 Å². The van der Waals surface area contributed by atoms with Crippen LogP contribution < -0.4 is 9.88 Å². The summed E-state index contributed by atoms with van der Waals surface area (Å²) in [5, 5.41) is 15.1. The number of nitrogens with zero attached hydrogens (tertiary/aromatic N) is 1. The summed E-state index contributed by atoms with van der Waals surface area (Å²) >= 11 is 0. The van der Waals surface area contributed by atoms with E-state index in [0.29, 0.717) is 23.7 Å². The van der Waals surface area contributed by atoms with Crippen LogP contribution in [0.4, 0.5) is 0 Å². The standard InChI is InChI=1S/C23H26N2O4S/c1-3-4-13-29-23-19(15-26)14-21(17-9-11-20(12-10-17)30(24,27)28)22(25-23)18-7-5-16(2)6-8-18/h5-12,14,26H,3-4,13,15H2,1-2H3,(H2,24,27,28). The molecule has 0 unspecified atom stereocenters. The lowest BCUT2D eigenvalue weighted by molar-refractivity contribution is 0.255. The smallest absolute Gasteiger partial charge is 0.238 e. The first-order chi connectivity index (χ1) is 14.3. The SMILES string of the molecule is CCCCOc1nc(-c2ccc(C)cc2)c(-c2ccc(S(N)(=O)=O)cc2)cc1CO. The molecule has 1 heterocycles. The van der Waals surface area contributed by atoms with Crippen molar-refractivity contribution >= 4 is 10.0 Å². The Morgan fingerprint density at radius 1 is 1.03 bits per heavy atom. The van der Waals surface area contributed by atoms with Gasteiger partial charge in [0, 0.05) is 16.7 Å². The van der Waals surface area contributed by atoms with Crippen molar-refractivity contribution in [3.63, 3.8) is 0 Å². The van der Waals surface area contributed by atoms with Crippen LogP contribution in [-0.2, 0) is 16.6 Å². The highest BCUT2D eigenvalue weighted by Crippen LogP contribution is 2.35. The lowest BCUT2D eigenvalue weighted by Crippen LogP contribution is -2.11. The number of pyridine rings is 1. The van der Waals surface area contributed by atoms with Gasteiger partial charge in [0.2, 0.25) is 15.9 Å². The average Bonchev–Trinajstić information content (AvgIpc) is 2.73. The Hall–Kier alpha value is -2.74. The van der Waals surface area contributed by atoms with Crippen LogP contribution in [-0.4, -0.2) is 25.1 Å². The zero-order valence-corrected chi connectivity index (χ0v) is 17.9. The predicted molar refractivity (Wildman–Crippen MR) is 118 cm³/mol. The number of aryl methyl sites for hydroxylation is 1. The fraction of sp³-hybridized carbons (Fsp3) is 0.261. The maximum Gasteiger partial charge on any atom is 0.238 e. The molecule has 3 aromatic rings. The predicted octanol–water partition coefficient (Wildman–Crippen LogP) is 4.04. The quantitative estimate of drug-likeness (QED) is 0.529. The van der Waals surface area contributed by atoms with Crippen molar-refractivity contribution < 1.29 is 18.3 Å². The van der Waals surface area contributed by atoms with E-state index in [1.807, 2.05) is 37.3 Å². The molecular formula is C23H26N2O4S. The van der Waals surface area contributed by atoms with Crippen molar-refractivity contribution in [2.45, 2.75) is 38.2 Å². The second kappa shape index (κ2) is 9.38. The fourth-order valence-electron chi connectivity index (χ4n) is 3.07. The van der Waals surface area contributed by atoms with Crippen molar-refractivity contribution in [3.05, 3.63) is 65.7 Å². The van der Waals surface area contributed by atoms with Gasteiger partial charge in [-0.05, 0) is 37.1 Å². The molecule has 0 saturated carbocycles. The molecule has 0 spiro atoms. The molecule has 0 saturated heterocycles. The van der Waals surface area contributed by atoms with E-state index < -0.39 is 10.0 Å². The molecule has 0 atom stereocenters. The van der Waals surface area contributed by atoms with Crippen LogP contribution in [0.15, 0.2) is 59.5 Å².